The predicted molar refractivity (Wildman–Crippen MR) is 75.0 cm³/mol. The van der Waals surface area contributed by atoms with E-state index >= 15 is 0 Å². The molecule has 1 aliphatic rings. The first-order valence-corrected chi connectivity index (χ1v) is 6.63. The van der Waals surface area contributed by atoms with Crippen molar-refractivity contribution in [2.24, 2.45) is 0 Å². The monoisotopic (exact) mass is 257 g/mol. The topological polar surface area (TPSA) is 47.3 Å². The Hall–Kier alpha value is -2.02. The van der Waals surface area contributed by atoms with Crippen molar-refractivity contribution in [2.75, 3.05) is 31.1 Å². The molecule has 4 heteroatoms. The van der Waals surface area contributed by atoms with Crippen LogP contribution in [0.3, 0.4) is 0 Å². The summed E-state index contributed by atoms with van der Waals surface area (Å²) in [6.45, 7) is 7.00. The molecule has 100 valence electrons. The van der Waals surface area contributed by atoms with Crippen LogP contribution in [0.15, 0.2) is 18.2 Å². The van der Waals surface area contributed by atoms with Crippen molar-refractivity contribution in [1.82, 2.24) is 4.90 Å². The van der Waals surface area contributed by atoms with Crippen LogP contribution in [-0.4, -0.2) is 37.0 Å². The highest BCUT2D eigenvalue weighted by Crippen LogP contribution is 2.20. The molecule has 4 nitrogen and oxygen atoms in total. The van der Waals surface area contributed by atoms with Crippen molar-refractivity contribution in [3.8, 4) is 6.07 Å². The maximum atomic E-state index is 11.4. The molecule has 0 unspecified atom stereocenters. The highest BCUT2D eigenvalue weighted by molar-refractivity contribution is 5.73. The number of hydrogen-bond donors (Lipinski definition) is 0. The van der Waals surface area contributed by atoms with E-state index in [1.165, 1.54) is 0 Å². The Labute approximate surface area is 114 Å². The van der Waals surface area contributed by atoms with Crippen LogP contribution in [0, 0.1) is 18.3 Å². The van der Waals surface area contributed by atoms with Gasteiger partial charge in [-0.3, -0.25) is 4.79 Å². The smallest absolute Gasteiger partial charge is 0.219 e. The van der Waals surface area contributed by atoms with Gasteiger partial charge >= 0.3 is 0 Å². The molecule has 0 spiro atoms. The van der Waals surface area contributed by atoms with Gasteiger partial charge in [-0.25, -0.2) is 0 Å². The van der Waals surface area contributed by atoms with Crippen LogP contribution in [0.5, 0.6) is 0 Å². The summed E-state index contributed by atoms with van der Waals surface area (Å²) < 4.78 is 0. The second-order valence-electron chi connectivity index (χ2n) is 4.96. The van der Waals surface area contributed by atoms with Gasteiger partial charge in [-0.05, 0) is 37.1 Å². The molecule has 1 amide bonds. The zero-order valence-corrected chi connectivity index (χ0v) is 11.5. The van der Waals surface area contributed by atoms with E-state index in [0.29, 0.717) is 0 Å². The van der Waals surface area contributed by atoms with Crippen LogP contribution >= 0.6 is 0 Å². The van der Waals surface area contributed by atoms with Crippen LogP contribution in [0.1, 0.15) is 24.5 Å². The molecule has 0 atom stereocenters. The molecule has 1 fully saturated rings. The number of carbonyl (C=O) groups excluding carboxylic acids is 1. The van der Waals surface area contributed by atoms with Gasteiger partial charge in [0.25, 0.3) is 0 Å². The molecular formula is C15H19N3O. The molecule has 0 bridgehead atoms. The molecule has 0 radical (unpaired) electrons. The summed E-state index contributed by atoms with van der Waals surface area (Å²) in [7, 11) is 0. The Morgan fingerprint density at radius 3 is 2.68 bits per heavy atom. The van der Waals surface area contributed by atoms with Gasteiger partial charge in [-0.2, -0.15) is 5.26 Å². The molecule has 1 saturated heterocycles. The SMILES string of the molecule is CC(=O)N1CCCN(c2ccc(C#N)c(C)c2)CC1. The predicted octanol–water partition coefficient (Wildman–Crippen LogP) is 1.93. The van der Waals surface area contributed by atoms with Gasteiger partial charge < -0.3 is 9.80 Å². The summed E-state index contributed by atoms with van der Waals surface area (Å²) in [6, 6.07) is 8.11. The second-order valence-corrected chi connectivity index (χ2v) is 4.96. The Bertz CT molecular complexity index is 519. The fraction of sp³-hybridized carbons (Fsp3) is 0.467. The number of hydrogen-bond acceptors (Lipinski definition) is 3. The highest BCUT2D eigenvalue weighted by Gasteiger charge is 2.17. The largest absolute Gasteiger partial charge is 0.370 e. The standard InChI is InChI=1S/C15H19N3O/c1-12-10-15(5-4-14(12)11-16)18-7-3-6-17(8-9-18)13(2)19/h4-5,10H,3,6-9H2,1-2H3. The Balaban J connectivity index is 2.12. The summed E-state index contributed by atoms with van der Waals surface area (Å²) in [4.78, 5) is 15.6. The first kappa shape index (κ1) is 13.4. The van der Waals surface area contributed by atoms with Gasteiger partial charge in [-0.15, -0.1) is 0 Å². The van der Waals surface area contributed by atoms with Gasteiger partial charge in [0.15, 0.2) is 0 Å². The number of anilines is 1. The van der Waals surface area contributed by atoms with Crippen LogP contribution < -0.4 is 4.90 Å². The lowest BCUT2D eigenvalue weighted by Gasteiger charge is -2.23. The minimum absolute atomic E-state index is 0.151. The number of nitrogens with zero attached hydrogens (tertiary/aromatic N) is 3. The van der Waals surface area contributed by atoms with E-state index in [1.54, 1.807) is 6.92 Å². The van der Waals surface area contributed by atoms with Crippen LogP contribution in [-0.2, 0) is 4.79 Å². The fourth-order valence-corrected chi connectivity index (χ4v) is 2.46. The highest BCUT2D eigenvalue weighted by atomic mass is 16.2. The van der Waals surface area contributed by atoms with E-state index < -0.39 is 0 Å². The van der Waals surface area contributed by atoms with Gasteiger partial charge in [0.2, 0.25) is 5.91 Å². The van der Waals surface area contributed by atoms with E-state index in [0.717, 1.165) is 49.4 Å². The molecule has 19 heavy (non-hydrogen) atoms. The third-order valence-corrected chi connectivity index (χ3v) is 3.64. The number of amides is 1. The van der Waals surface area contributed by atoms with Gasteiger partial charge in [0, 0.05) is 38.8 Å². The average molecular weight is 257 g/mol. The zero-order valence-electron chi connectivity index (χ0n) is 11.5. The Morgan fingerprint density at radius 1 is 1.26 bits per heavy atom. The Kier molecular flexibility index (Phi) is 4.06. The van der Waals surface area contributed by atoms with Crippen LogP contribution in [0.4, 0.5) is 5.69 Å². The first-order chi connectivity index (χ1) is 9.11. The number of nitriles is 1. The summed E-state index contributed by atoms with van der Waals surface area (Å²) in [5.41, 5.74) is 2.87. The van der Waals surface area contributed by atoms with Crippen molar-refractivity contribution in [2.45, 2.75) is 20.3 Å². The van der Waals surface area contributed by atoms with E-state index in [1.807, 2.05) is 24.0 Å². The lowest BCUT2D eigenvalue weighted by molar-refractivity contribution is -0.128. The van der Waals surface area contributed by atoms with Crippen molar-refractivity contribution in [3.05, 3.63) is 29.3 Å². The molecule has 0 saturated carbocycles. The molecule has 1 aromatic rings. The number of carbonyl (C=O) groups is 1. The minimum Gasteiger partial charge on any atom is -0.370 e. The summed E-state index contributed by atoms with van der Waals surface area (Å²) in [5.74, 6) is 0.151. The maximum absolute atomic E-state index is 11.4. The lowest BCUT2D eigenvalue weighted by atomic mass is 10.1. The third kappa shape index (κ3) is 3.05. The Morgan fingerprint density at radius 2 is 2.05 bits per heavy atom. The quantitative estimate of drug-likeness (QED) is 0.772. The molecular weight excluding hydrogens is 238 g/mol. The lowest BCUT2D eigenvalue weighted by Crippen LogP contribution is -2.33. The van der Waals surface area contributed by atoms with Crippen molar-refractivity contribution < 1.29 is 4.79 Å². The number of benzene rings is 1. The normalized spacial score (nSPS) is 15.8. The molecule has 0 aliphatic carbocycles. The molecule has 1 heterocycles. The van der Waals surface area contributed by atoms with Crippen molar-refractivity contribution in [1.29, 1.82) is 5.26 Å². The molecule has 0 aromatic heterocycles. The minimum atomic E-state index is 0.151. The summed E-state index contributed by atoms with van der Waals surface area (Å²) >= 11 is 0. The average Bonchev–Trinajstić information content (AvgIpc) is 2.64. The van der Waals surface area contributed by atoms with Crippen molar-refractivity contribution >= 4 is 11.6 Å². The van der Waals surface area contributed by atoms with E-state index in [9.17, 15) is 4.79 Å². The number of rotatable bonds is 1. The fourth-order valence-electron chi connectivity index (χ4n) is 2.46. The van der Waals surface area contributed by atoms with Gasteiger partial charge in [0.1, 0.15) is 0 Å². The summed E-state index contributed by atoms with van der Waals surface area (Å²) in [5, 5.41) is 8.95. The first-order valence-electron chi connectivity index (χ1n) is 6.63. The molecule has 1 aromatic carbocycles. The molecule has 2 rings (SSSR count). The van der Waals surface area contributed by atoms with E-state index in [2.05, 4.69) is 17.0 Å². The number of aryl methyl sites for hydroxylation is 1. The molecule has 1 aliphatic heterocycles. The van der Waals surface area contributed by atoms with Crippen molar-refractivity contribution in [3.63, 3.8) is 0 Å². The van der Waals surface area contributed by atoms with E-state index in [4.69, 9.17) is 5.26 Å². The second kappa shape index (κ2) is 5.75. The summed E-state index contributed by atoms with van der Waals surface area (Å²) in [6.07, 6.45) is 0.985. The zero-order chi connectivity index (χ0) is 13.8. The maximum Gasteiger partial charge on any atom is 0.219 e. The van der Waals surface area contributed by atoms with Gasteiger partial charge in [0.05, 0.1) is 11.6 Å². The third-order valence-electron chi connectivity index (χ3n) is 3.64. The van der Waals surface area contributed by atoms with Gasteiger partial charge in [-0.1, -0.05) is 0 Å². The van der Waals surface area contributed by atoms with Crippen LogP contribution in [0.25, 0.3) is 0 Å². The van der Waals surface area contributed by atoms with E-state index in [-0.39, 0.29) is 5.91 Å². The molecule has 0 N–H and O–H groups in total. The van der Waals surface area contributed by atoms with Crippen LogP contribution in [0.2, 0.25) is 0 Å².